The monoisotopic (exact) mass is 279 g/mol. The number of thioether (sulfide) groups is 1. The Balaban J connectivity index is 2.04. The van der Waals surface area contributed by atoms with Crippen LogP contribution >= 0.6 is 11.8 Å². The van der Waals surface area contributed by atoms with Gasteiger partial charge in [0.2, 0.25) is 0 Å². The van der Waals surface area contributed by atoms with Crippen LogP contribution in [0.1, 0.15) is 39.0 Å². The van der Waals surface area contributed by atoms with Gasteiger partial charge in [-0.15, -0.1) is 11.8 Å². The number of hydrogen-bond donors (Lipinski definition) is 1. The maximum atomic E-state index is 5.31. The van der Waals surface area contributed by atoms with Crippen LogP contribution in [-0.4, -0.2) is 24.9 Å². The van der Waals surface area contributed by atoms with Gasteiger partial charge in [-0.1, -0.05) is 32.3 Å². The molecule has 1 saturated carbocycles. The molecule has 2 rings (SSSR count). The predicted octanol–water partition coefficient (Wildman–Crippen LogP) is 4.10. The smallest absolute Gasteiger partial charge is 0.119 e. The zero-order valence-electron chi connectivity index (χ0n) is 12.0. The van der Waals surface area contributed by atoms with E-state index in [-0.39, 0.29) is 0 Å². The minimum Gasteiger partial charge on any atom is -0.497 e. The largest absolute Gasteiger partial charge is 0.497 e. The van der Waals surface area contributed by atoms with Crippen molar-refractivity contribution in [3.63, 3.8) is 0 Å². The van der Waals surface area contributed by atoms with Crippen LogP contribution in [0.2, 0.25) is 0 Å². The molecule has 1 aromatic rings. The van der Waals surface area contributed by atoms with Gasteiger partial charge in [-0.05, 0) is 37.6 Å². The molecule has 1 aliphatic rings. The highest BCUT2D eigenvalue weighted by atomic mass is 32.2. The normalized spacial score (nSPS) is 23.9. The quantitative estimate of drug-likeness (QED) is 0.820. The van der Waals surface area contributed by atoms with Crippen LogP contribution in [-0.2, 0) is 0 Å². The van der Waals surface area contributed by atoms with Gasteiger partial charge in [0.05, 0.1) is 7.11 Å². The summed E-state index contributed by atoms with van der Waals surface area (Å²) in [5.74, 6) is 0.957. The minimum absolute atomic E-state index is 0.656. The van der Waals surface area contributed by atoms with Crippen LogP contribution in [0.3, 0.4) is 0 Å². The SMILES string of the molecule is CCNC1CCCCCC1Sc1cccc(OC)c1. The number of nitrogens with one attached hydrogen (secondary N) is 1. The van der Waals surface area contributed by atoms with E-state index in [0.29, 0.717) is 11.3 Å². The summed E-state index contributed by atoms with van der Waals surface area (Å²) in [6.07, 6.45) is 6.75. The van der Waals surface area contributed by atoms with E-state index in [9.17, 15) is 0 Å². The van der Waals surface area contributed by atoms with E-state index in [0.717, 1.165) is 12.3 Å². The van der Waals surface area contributed by atoms with Crippen molar-refractivity contribution in [2.24, 2.45) is 0 Å². The summed E-state index contributed by atoms with van der Waals surface area (Å²) < 4.78 is 5.31. The molecule has 0 saturated heterocycles. The lowest BCUT2D eigenvalue weighted by atomic mass is 10.1. The van der Waals surface area contributed by atoms with Gasteiger partial charge in [0, 0.05) is 16.2 Å². The molecule has 3 heteroatoms. The summed E-state index contributed by atoms with van der Waals surface area (Å²) in [4.78, 5) is 1.33. The van der Waals surface area contributed by atoms with E-state index >= 15 is 0 Å². The highest BCUT2D eigenvalue weighted by molar-refractivity contribution is 8.00. The topological polar surface area (TPSA) is 21.3 Å². The molecule has 106 valence electrons. The first-order valence-corrected chi connectivity index (χ1v) is 8.25. The Morgan fingerprint density at radius 3 is 2.89 bits per heavy atom. The average Bonchev–Trinajstić information content (AvgIpc) is 2.65. The lowest BCUT2D eigenvalue weighted by molar-refractivity contribution is 0.413. The zero-order chi connectivity index (χ0) is 13.5. The zero-order valence-corrected chi connectivity index (χ0v) is 12.8. The molecule has 0 aliphatic heterocycles. The number of benzene rings is 1. The summed E-state index contributed by atoms with van der Waals surface area (Å²) in [6.45, 7) is 3.28. The van der Waals surface area contributed by atoms with E-state index in [1.54, 1.807) is 7.11 Å². The van der Waals surface area contributed by atoms with Crippen LogP contribution in [0.5, 0.6) is 5.75 Å². The van der Waals surface area contributed by atoms with Gasteiger partial charge in [-0.3, -0.25) is 0 Å². The Hall–Kier alpha value is -0.670. The molecule has 0 heterocycles. The molecule has 0 radical (unpaired) electrons. The third-order valence-corrected chi connectivity index (χ3v) is 5.14. The third kappa shape index (κ3) is 4.43. The Labute approximate surface area is 121 Å². The third-order valence-electron chi connectivity index (χ3n) is 3.75. The molecule has 0 amide bonds. The number of rotatable bonds is 5. The summed E-state index contributed by atoms with van der Waals surface area (Å²) in [5.41, 5.74) is 0. The minimum atomic E-state index is 0.656. The first kappa shape index (κ1) is 14.7. The Kier molecular flexibility index (Phi) is 6.05. The van der Waals surface area contributed by atoms with E-state index in [4.69, 9.17) is 4.74 Å². The predicted molar refractivity (Wildman–Crippen MR) is 83.2 cm³/mol. The van der Waals surface area contributed by atoms with Gasteiger partial charge in [0.1, 0.15) is 5.75 Å². The Morgan fingerprint density at radius 2 is 2.11 bits per heavy atom. The van der Waals surface area contributed by atoms with Crippen molar-refractivity contribution in [3.8, 4) is 5.75 Å². The fourth-order valence-corrected chi connectivity index (χ4v) is 4.13. The lowest BCUT2D eigenvalue weighted by Crippen LogP contribution is -2.37. The van der Waals surface area contributed by atoms with E-state index < -0.39 is 0 Å². The van der Waals surface area contributed by atoms with Crippen LogP contribution in [0.4, 0.5) is 0 Å². The van der Waals surface area contributed by atoms with Gasteiger partial charge < -0.3 is 10.1 Å². The van der Waals surface area contributed by atoms with E-state index in [1.165, 1.54) is 37.0 Å². The first-order valence-electron chi connectivity index (χ1n) is 7.37. The molecule has 2 atom stereocenters. The molecule has 1 fully saturated rings. The average molecular weight is 279 g/mol. The van der Waals surface area contributed by atoms with Gasteiger partial charge in [-0.25, -0.2) is 0 Å². The summed E-state index contributed by atoms with van der Waals surface area (Å²) in [6, 6.07) is 9.10. The first-order chi connectivity index (χ1) is 9.33. The molecular formula is C16H25NOS. The molecule has 0 spiro atoms. The Bertz CT molecular complexity index is 383. The molecule has 2 nitrogen and oxygen atoms in total. The molecule has 19 heavy (non-hydrogen) atoms. The van der Waals surface area contributed by atoms with Gasteiger partial charge in [0.15, 0.2) is 0 Å². The second kappa shape index (κ2) is 7.81. The molecule has 0 aromatic heterocycles. The highest BCUT2D eigenvalue weighted by Crippen LogP contribution is 2.34. The fourth-order valence-electron chi connectivity index (χ4n) is 2.76. The number of ether oxygens (including phenoxy) is 1. The van der Waals surface area contributed by atoms with E-state index in [2.05, 4.69) is 30.4 Å². The summed E-state index contributed by atoms with van der Waals surface area (Å²) >= 11 is 2.01. The van der Waals surface area contributed by atoms with Crippen molar-refractivity contribution in [2.75, 3.05) is 13.7 Å². The molecule has 0 bridgehead atoms. The lowest BCUT2D eigenvalue weighted by Gasteiger charge is -2.25. The maximum absolute atomic E-state index is 5.31. The van der Waals surface area contributed by atoms with Crippen LogP contribution in [0.25, 0.3) is 0 Å². The standard InChI is InChI=1S/C16H25NOS/c1-3-17-15-10-5-4-6-11-16(15)19-14-9-7-8-13(12-14)18-2/h7-9,12,15-17H,3-6,10-11H2,1-2H3. The summed E-state index contributed by atoms with van der Waals surface area (Å²) in [7, 11) is 1.73. The fraction of sp³-hybridized carbons (Fsp3) is 0.625. The second-order valence-electron chi connectivity index (χ2n) is 5.14. The van der Waals surface area contributed by atoms with Gasteiger partial charge in [0.25, 0.3) is 0 Å². The van der Waals surface area contributed by atoms with Crippen molar-refractivity contribution in [3.05, 3.63) is 24.3 Å². The molecule has 1 aliphatic carbocycles. The van der Waals surface area contributed by atoms with Crippen molar-refractivity contribution < 1.29 is 4.74 Å². The molecule has 1 N–H and O–H groups in total. The maximum Gasteiger partial charge on any atom is 0.119 e. The van der Waals surface area contributed by atoms with Crippen LogP contribution < -0.4 is 10.1 Å². The second-order valence-corrected chi connectivity index (χ2v) is 6.45. The van der Waals surface area contributed by atoms with Crippen molar-refractivity contribution in [1.29, 1.82) is 0 Å². The number of methoxy groups -OCH3 is 1. The summed E-state index contributed by atoms with van der Waals surface area (Å²) in [5, 5.41) is 4.36. The molecule has 2 unspecified atom stereocenters. The van der Waals surface area contributed by atoms with Crippen molar-refractivity contribution >= 4 is 11.8 Å². The highest BCUT2D eigenvalue weighted by Gasteiger charge is 2.23. The van der Waals surface area contributed by atoms with Crippen molar-refractivity contribution in [2.45, 2.75) is 55.2 Å². The number of hydrogen-bond acceptors (Lipinski definition) is 3. The van der Waals surface area contributed by atoms with E-state index in [1.807, 2.05) is 17.8 Å². The van der Waals surface area contributed by atoms with Gasteiger partial charge >= 0.3 is 0 Å². The van der Waals surface area contributed by atoms with Gasteiger partial charge in [-0.2, -0.15) is 0 Å². The van der Waals surface area contributed by atoms with Crippen molar-refractivity contribution in [1.82, 2.24) is 5.32 Å². The Morgan fingerprint density at radius 1 is 1.26 bits per heavy atom. The van der Waals surface area contributed by atoms with Crippen LogP contribution in [0.15, 0.2) is 29.2 Å². The molecular weight excluding hydrogens is 254 g/mol. The molecule has 1 aromatic carbocycles. The van der Waals surface area contributed by atoms with Crippen LogP contribution in [0, 0.1) is 0 Å².